The highest BCUT2D eigenvalue weighted by Gasteiger charge is 2.39. The zero-order chi connectivity index (χ0) is 77.6. The Hall–Kier alpha value is -11.2. The Morgan fingerprint density at radius 3 is 1.56 bits per heavy atom. The van der Waals surface area contributed by atoms with Gasteiger partial charge in [-0.3, -0.25) is 29.3 Å². The summed E-state index contributed by atoms with van der Waals surface area (Å²) in [5.41, 5.74) is 7.94. The third-order valence-corrected chi connectivity index (χ3v) is 24.2. The summed E-state index contributed by atoms with van der Waals surface area (Å²) in [6, 6.07) is 50.8. The minimum absolute atomic E-state index is 0.254. The number of amides is 8. The number of carbonyl (C=O) groups excluding carboxylic acids is 6. The van der Waals surface area contributed by atoms with Gasteiger partial charge in [-0.1, -0.05) is 88.4 Å². The molecule has 5 N–H and O–H groups in total. The van der Waals surface area contributed by atoms with Gasteiger partial charge in [0.25, 0.3) is 11.8 Å². The summed E-state index contributed by atoms with van der Waals surface area (Å²) in [7, 11) is 0. The molecule has 27 nitrogen and oxygen atoms in total. The lowest BCUT2D eigenvalue weighted by Gasteiger charge is -2.32. The van der Waals surface area contributed by atoms with Crippen LogP contribution in [0.5, 0.6) is 5.75 Å². The molecule has 113 heavy (non-hydrogen) atoms. The molecule has 12 heterocycles. The number of rotatable bonds is 19. The highest BCUT2D eigenvalue weighted by Crippen LogP contribution is 2.49. The number of hydrogen-bond acceptors (Lipinski definition) is 23. The fourth-order valence-corrected chi connectivity index (χ4v) is 17.8. The zero-order valence-electron chi connectivity index (χ0n) is 60.3. The van der Waals surface area contributed by atoms with Crippen molar-refractivity contribution < 1.29 is 47.7 Å². The maximum absolute atomic E-state index is 13.5. The molecule has 0 aliphatic carbocycles. The van der Waals surface area contributed by atoms with Gasteiger partial charge in [-0.25, -0.2) is 58.9 Å². The number of benzene rings is 6. The van der Waals surface area contributed by atoms with E-state index in [1.165, 1.54) is 68.4 Å². The van der Waals surface area contributed by atoms with E-state index in [9.17, 15) is 28.8 Å². The molecule has 5 aliphatic heterocycles. The smallest absolute Gasteiger partial charge is 0.350 e. The standard InChI is InChI=1S/C31H26BrN7O4S.C31H26N6O3S2.C18H15BrN4O3S/c32-23-15-22(8-9-24(23)43-17-21-3-1-2-10-33-21)39-28-25-26(37-31(39)41)27(44-30(25)35-18-34-28)29(40)36-20-6-4-19(5-7-20)16-38-11-13-42-14-12-38;38-29(34-21-8-6-20(7-9-21)18-36-14-16-40-17-15-36)27-26-25-28(32-19-33-30(25)42-27)37(31(39)35-26)22-10-12-24(13-11-22)41-23-4-2-1-3-5-23;1-3-26-17(24)14-13-12-15(20-8-21-16(12)27-14)23(18(25)22-13)9(2)10-4-6-11(19)7-5-10/h1-10,15,18H,11-14,16-17H2,(H,36,40)(H,37,41);1-13,19H,14-18H2,(H,34,38)(H,35,39);4-9H,3H2,1-2H3,(H,22,25)/t;;9-/m..1/s1. The van der Waals surface area contributed by atoms with Crippen LogP contribution in [0.4, 0.5) is 71.6 Å². The molecule has 33 heteroatoms. The Morgan fingerprint density at radius 2 is 1.03 bits per heavy atom. The predicted molar refractivity (Wildman–Crippen MR) is 445 cm³/mol. The number of nitrogens with one attached hydrogen (secondary N) is 5. The number of carbonyl (C=O) groups is 6. The van der Waals surface area contributed by atoms with Crippen molar-refractivity contribution in [2.75, 3.05) is 100 Å². The molecular weight excluding hydrogens is 1650 g/mol. The Labute approximate surface area is 679 Å². The molecule has 2 fully saturated rings. The Morgan fingerprint density at radius 1 is 0.540 bits per heavy atom. The molecule has 2 saturated heterocycles. The summed E-state index contributed by atoms with van der Waals surface area (Å²) in [5, 5.41) is 16.5. The molecule has 0 bridgehead atoms. The topological polar surface area (TPSA) is 306 Å². The van der Waals surface area contributed by atoms with Crippen LogP contribution < -0.4 is 46.0 Å². The Balaban J connectivity index is 0.000000132. The van der Waals surface area contributed by atoms with Crippen LogP contribution in [-0.4, -0.2) is 140 Å². The summed E-state index contributed by atoms with van der Waals surface area (Å²) in [6.45, 7) is 12.6. The van der Waals surface area contributed by atoms with Gasteiger partial charge in [-0.15, -0.1) is 34.0 Å². The van der Waals surface area contributed by atoms with Gasteiger partial charge in [0.2, 0.25) is 0 Å². The highest BCUT2D eigenvalue weighted by atomic mass is 79.9. The van der Waals surface area contributed by atoms with Crippen LogP contribution in [0.25, 0.3) is 30.6 Å². The fourth-order valence-electron chi connectivity index (χ4n) is 13.3. The average Bonchev–Trinajstić information content (AvgIpc) is 1.64. The molecule has 7 aromatic heterocycles. The maximum Gasteiger partial charge on any atom is 0.350 e. The molecule has 1 atom stereocenters. The first-order valence-corrected chi connectivity index (χ1v) is 40.7. The van der Waals surface area contributed by atoms with E-state index < -0.39 is 12.0 Å². The summed E-state index contributed by atoms with van der Waals surface area (Å²) >= 11 is 12.3. The number of thiophene rings is 3. The van der Waals surface area contributed by atoms with Gasteiger partial charge < -0.3 is 45.5 Å². The van der Waals surface area contributed by atoms with E-state index in [0.717, 1.165) is 96.8 Å². The molecule has 0 unspecified atom stereocenters. The summed E-state index contributed by atoms with van der Waals surface area (Å²) < 4.78 is 23.5. The lowest BCUT2D eigenvalue weighted by molar-refractivity contribution is 0.0341. The lowest BCUT2D eigenvalue weighted by Crippen LogP contribution is -2.40. The van der Waals surface area contributed by atoms with Crippen molar-refractivity contribution >= 4 is 201 Å². The molecule has 0 saturated carbocycles. The lowest BCUT2D eigenvalue weighted by atomic mass is 10.1. The maximum atomic E-state index is 13.5. The summed E-state index contributed by atoms with van der Waals surface area (Å²) in [6.07, 6.45) is 5.95. The van der Waals surface area contributed by atoms with Crippen molar-refractivity contribution in [1.29, 1.82) is 0 Å². The van der Waals surface area contributed by atoms with E-state index in [2.05, 4.69) is 115 Å². The molecule has 570 valence electrons. The van der Waals surface area contributed by atoms with E-state index >= 15 is 0 Å². The molecule has 13 aromatic rings. The predicted octanol–water partition coefficient (Wildman–Crippen LogP) is 17.6. The Bertz CT molecular complexity index is 5750. The summed E-state index contributed by atoms with van der Waals surface area (Å²) in [4.78, 5) is 124. The molecule has 6 aromatic carbocycles. The normalized spacial score (nSPS) is 14.8. The second-order valence-electron chi connectivity index (χ2n) is 26.0. The number of ether oxygens (including phenoxy) is 4. The second kappa shape index (κ2) is 34.0. The van der Waals surface area contributed by atoms with E-state index in [4.69, 9.17) is 18.9 Å². The van der Waals surface area contributed by atoms with Crippen LogP contribution in [0.2, 0.25) is 0 Å². The zero-order valence-corrected chi connectivity index (χ0v) is 66.7. The third-order valence-electron chi connectivity index (χ3n) is 18.8. The first kappa shape index (κ1) is 75.8. The van der Waals surface area contributed by atoms with Gasteiger partial charge in [0.1, 0.15) is 60.5 Å². The van der Waals surface area contributed by atoms with Crippen molar-refractivity contribution in [3.05, 3.63) is 235 Å². The van der Waals surface area contributed by atoms with Crippen LogP contribution in [0.3, 0.4) is 0 Å². The average molecular weight is 1710 g/mol. The highest BCUT2D eigenvalue weighted by molar-refractivity contribution is 9.10. The van der Waals surface area contributed by atoms with Gasteiger partial charge >= 0.3 is 24.1 Å². The summed E-state index contributed by atoms with van der Waals surface area (Å²) in [5.74, 6) is 0.818. The molecule has 18 rings (SSSR count). The Kier molecular flexibility index (Phi) is 22.8. The van der Waals surface area contributed by atoms with Crippen LogP contribution in [0.15, 0.2) is 208 Å². The first-order chi connectivity index (χ1) is 55.2. The number of nitrogens with zero attached hydrogens (tertiary/aromatic N) is 12. The molecule has 5 aliphatic rings. The van der Waals surface area contributed by atoms with Gasteiger partial charge in [0.05, 0.1) is 93.8 Å². The van der Waals surface area contributed by atoms with Crippen molar-refractivity contribution in [3.63, 3.8) is 0 Å². The number of hydrogen-bond donors (Lipinski definition) is 5. The largest absolute Gasteiger partial charge is 0.486 e. The van der Waals surface area contributed by atoms with Crippen LogP contribution in [-0.2, 0) is 33.9 Å². The van der Waals surface area contributed by atoms with E-state index in [1.807, 2.05) is 140 Å². The van der Waals surface area contributed by atoms with Crippen molar-refractivity contribution in [1.82, 2.24) is 44.7 Å². The van der Waals surface area contributed by atoms with Gasteiger partial charge in [0.15, 0.2) is 17.5 Å². The SMILES string of the molecule is CCOC(=O)c1sc2ncnc3c2c1NC(=O)N3[C@H](C)c1ccc(Br)cc1.O=C(Nc1ccc(CN2CCOCC2)cc1)c1sc2ncnc3c2c1NC(=O)N3c1ccc(OCc2ccccn2)c(Br)c1.O=C(Nc1ccc(CN2CCOCC2)cc1)c1sc2ncnc3c2c1NC(=O)N3c1ccc(Sc2ccccc2)cc1. The van der Waals surface area contributed by atoms with Crippen molar-refractivity contribution in [3.8, 4) is 5.75 Å². The number of aromatic nitrogens is 7. The van der Waals surface area contributed by atoms with Crippen molar-refractivity contribution in [2.24, 2.45) is 0 Å². The van der Waals surface area contributed by atoms with Crippen molar-refractivity contribution in [2.45, 2.75) is 49.4 Å². The van der Waals surface area contributed by atoms with E-state index in [1.54, 1.807) is 48.0 Å². The number of urea groups is 3. The molecule has 0 spiro atoms. The van der Waals surface area contributed by atoms with Gasteiger partial charge in [-0.2, -0.15) is 0 Å². The van der Waals surface area contributed by atoms with E-state index in [0.29, 0.717) is 119 Å². The number of pyridine rings is 1. The van der Waals surface area contributed by atoms with Gasteiger partial charge in [-0.05, 0) is 150 Å². The minimum Gasteiger partial charge on any atom is -0.486 e. The second-order valence-corrected chi connectivity index (χ2v) is 32.0. The minimum atomic E-state index is -0.476. The number of morpholine rings is 2. The number of anilines is 10. The quantitative estimate of drug-likeness (QED) is 0.0470. The monoisotopic (exact) mass is 1710 g/mol. The van der Waals surface area contributed by atoms with Crippen LogP contribution >= 0.6 is 77.6 Å². The first-order valence-electron chi connectivity index (χ1n) is 35.8. The van der Waals surface area contributed by atoms with Gasteiger partial charge in [0, 0.05) is 71.1 Å². The van der Waals surface area contributed by atoms with Crippen LogP contribution in [0, 0.1) is 0 Å². The van der Waals surface area contributed by atoms with E-state index in [-0.39, 0.29) is 36.5 Å². The molecule has 8 amide bonds. The number of halogens is 2. The fraction of sp³-hybridized carbons (Fsp3) is 0.188. The number of esters is 1. The molecular formula is C80H67Br2N17O10S4. The van der Waals surface area contributed by atoms with Crippen LogP contribution in [0.1, 0.15) is 71.3 Å². The third kappa shape index (κ3) is 16.5. The molecule has 0 radical (unpaired) electrons.